The quantitative estimate of drug-likeness (QED) is 0.545. The molecular formula is C12H17N3O7. The second-order valence-corrected chi connectivity index (χ2v) is 4.62. The standard InChI is InChI=1S/C12H17N3O7/c1-8(17)2-4-13-10(20)14(5-3-9(18)19)12(22)15(6-7-16)11(13)21/h16H,2-7H2,1H3,(H,18,19). The number of carbonyl (C=O) groups excluding carboxylic acids is 1. The topological polar surface area (TPSA) is 141 Å². The van der Waals surface area contributed by atoms with Gasteiger partial charge in [-0.3, -0.25) is 9.59 Å². The number of aliphatic hydroxyl groups is 1. The van der Waals surface area contributed by atoms with E-state index in [1.165, 1.54) is 6.92 Å². The first-order valence-electron chi connectivity index (χ1n) is 6.56. The highest BCUT2D eigenvalue weighted by molar-refractivity contribution is 5.75. The van der Waals surface area contributed by atoms with Crippen molar-refractivity contribution in [3.8, 4) is 0 Å². The molecule has 22 heavy (non-hydrogen) atoms. The van der Waals surface area contributed by atoms with E-state index in [0.29, 0.717) is 13.7 Å². The van der Waals surface area contributed by atoms with Gasteiger partial charge in [-0.25, -0.2) is 28.1 Å². The van der Waals surface area contributed by atoms with Gasteiger partial charge in [0.15, 0.2) is 0 Å². The minimum Gasteiger partial charge on any atom is -0.481 e. The lowest BCUT2D eigenvalue weighted by Gasteiger charge is -2.12. The normalized spacial score (nSPS) is 10.6. The van der Waals surface area contributed by atoms with E-state index in [1.807, 2.05) is 0 Å². The van der Waals surface area contributed by atoms with E-state index in [1.54, 1.807) is 0 Å². The predicted molar refractivity (Wildman–Crippen MR) is 73.9 cm³/mol. The third-order valence-corrected chi connectivity index (χ3v) is 2.95. The van der Waals surface area contributed by atoms with Crippen molar-refractivity contribution >= 4 is 11.8 Å². The molecule has 1 aromatic heterocycles. The van der Waals surface area contributed by atoms with Crippen LogP contribution in [0.4, 0.5) is 0 Å². The number of carboxylic acids is 1. The molecule has 2 N–H and O–H groups in total. The molecule has 10 nitrogen and oxygen atoms in total. The van der Waals surface area contributed by atoms with Gasteiger partial charge in [0.05, 0.1) is 19.6 Å². The van der Waals surface area contributed by atoms with Crippen LogP contribution in [0.3, 0.4) is 0 Å². The molecule has 0 unspecified atom stereocenters. The van der Waals surface area contributed by atoms with Crippen molar-refractivity contribution in [2.45, 2.75) is 39.4 Å². The average molecular weight is 315 g/mol. The number of rotatable bonds is 8. The largest absolute Gasteiger partial charge is 0.481 e. The van der Waals surface area contributed by atoms with E-state index in [-0.39, 0.29) is 25.3 Å². The number of carboxylic acid groups (broad SMARTS) is 1. The number of Topliss-reactive ketones (excluding diaryl/α,β-unsaturated/α-hetero) is 1. The average Bonchev–Trinajstić information content (AvgIpc) is 2.42. The van der Waals surface area contributed by atoms with Gasteiger partial charge in [-0.2, -0.15) is 0 Å². The number of ketones is 1. The number of aliphatic carboxylic acids is 1. The van der Waals surface area contributed by atoms with Gasteiger partial charge >= 0.3 is 23.0 Å². The second-order valence-electron chi connectivity index (χ2n) is 4.62. The van der Waals surface area contributed by atoms with E-state index in [9.17, 15) is 24.0 Å². The maximum atomic E-state index is 12.1. The fraction of sp³-hybridized carbons (Fsp3) is 0.583. The third kappa shape index (κ3) is 4.01. The molecule has 0 amide bonds. The van der Waals surface area contributed by atoms with Crippen molar-refractivity contribution in [1.82, 2.24) is 13.7 Å². The summed E-state index contributed by atoms with van der Waals surface area (Å²) in [7, 11) is 0. The van der Waals surface area contributed by atoms with Crippen molar-refractivity contribution in [3.63, 3.8) is 0 Å². The summed E-state index contributed by atoms with van der Waals surface area (Å²) in [4.78, 5) is 57.9. The Morgan fingerprint density at radius 1 is 0.864 bits per heavy atom. The Kier molecular flexibility index (Phi) is 5.99. The molecule has 0 aliphatic carbocycles. The Labute approximate surface area is 123 Å². The van der Waals surface area contributed by atoms with Crippen molar-refractivity contribution < 1.29 is 19.8 Å². The number of aromatic nitrogens is 3. The smallest absolute Gasteiger partial charge is 0.336 e. The van der Waals surface area contributed by atoms with Crippen LogP contribution in [0.5, 0.6) is 0 Å². The molecule has 0 fully saturated rings. The molecule has 1 rings (SSSR count). The van der Waals surface area contributed by atoms with Gasteiger partial charge in [0, 0.05) is 19.5 Å². The van der Waals surface area contributed by atoms with Gasteiger partial charge in [0.2, 0.25) is 0 Å². The van der Waals surface area contributed by atoms with Crippen LogP contribution in [0.2, 0.25) is 0 Å². The van der Waals surface area contributed by atoms with Gasteiger partial charge in [-0.15, -0.1) is 0 Å². The summed E-state index contributed by atoms with van der Waals surface area (Å²) in [5, 5.41) is 17.6. The molecule has 10 heteroatoms. The molecule has 0 bridgehead atoms. The van der Waals surface area contributed by atoms with Gasteiger partial charge in [0.1, 0.15) is 5.78 Å². The van der Waals surface area contributed by atoms with Crippen LogP contribution in [0, 0.1) is 0 Å². The Hall–Kier alpha value is -2.49. The lowest BCUT2D eigenvalue weighted by molar-refractivity contribution is -0.137. The van der Waals surface area contributed by atoms with Gasteiger partial charge < -0.3 is 10.2 Å². The fourth-order valence-corrected chi connectivity index (χ4v) is 1.83. The summed E-state index contributed by atoms with van der Waals surface area (Å²) in [5.74, 6) is -1.45. The van der Waals surface area contributed by atoms with Crippen molar-refractivity contribution in [3.05, 3.63) is 31.5 Å². The summed E-state index contributed by atoms with van der Waals surface area (Å²) >= 11 is 0. The molecule has 0 atom stereocenters. The summed E-state index contributed by atoms with van der Waals surface area (Å²) in [6.07, 6.45) is -0.551. The summed E-state index contributed by atoms with van der Waals surface area (Å²) < 4.78 is 1.95. The molecular weight excluding hydrogens is 298 g/mol. The minimum absolute atomic E-state index is 0.0780. The zero-order valence-electron chi connectivity index (χ0n) is 12.0. The Bertz CT molecular complexity index is 684. The summed E-state index contributed by atoms with van der Waals surface area (Å²) in [5.41, 5.74) is -2.88. The van der Waals surface area contributed by atoms with E-state index >= 15 is 0 Å². The number of hydrogen-bond acceptors (Lipinski definition) is 6. The van der Waals surface area contributed by atoms with E-state index < -0.39 is 42.6 Å². The zero-order chi connectivity index (χ0) is 16.9. The number of aliphatic hydroxyl groups excluding tert-OH is 1. The molecule has 0 radical (unpaired) electrons. The molecule has 0 aliphatic rings. The number of hydrogen-bond donors (Lipinski definition) is 2. The van der Waals surface area contributed by atoms with Gasteiger partial charge in [0.25, 0.3) is 0 Å². The first-order valence-corrected chi connectivity index (χ1v) is 6.56. The highest BCUT2D eigenvalue weighted by atomic mass is 16.4. The Balaban J connectivity index is 3.45. The van der Waals surface area contributed by atoms with Crippen LogP contribution >= 0.6 is 0 Å². The first kappa shape index (κ1) is 17.6. The maximum absolute atomic E-state index is 12.1. The van der Waals surface area contributed by atoms with Crippen LogP contribution in [-0.4, -0.2) is 42.3 Å². The first-order chi connectivity index (χ1) is 10.3. The van der Waals surface area contributed by atoms with E-state index in [0.717, 1.165) is 0 Å². The minimum atomic E-state index is -1.21. The molecule has 0 saturated heterocycles. The molecule has 0 saturated carbocycles. The lowest BCUT2D eigenvalue weighted by Crippen LogP contribution is -2.55. The predicted octanol–water partition coefficient (Wildman–Crippen LogP) is -2.38. The molecule has 0 aromatic carbocycles. The van der Waals surface area contributed by atoms with Crippen LogP contribution in [0.15, 0.2) is 14.4 Å². The van der Waals surface area contributed by atoms with Gasteiger partial charge in [-0.05, 0) is 6.92 Å². The number of carbonyl (C=O) groups is 2. The molecule has 0 aliphatic heterocycles. The maximum Gasteiger partial charge on any atom is 0.336 e. The highest BCUT2D eigenvalue weighted by Crippen LogP contribution is 1.87. The highest BCUT2D eigenvalue weighted by Gasteiger charge is 2.16. The SMILES string of the molecule is CC(=O)CCn1c(=O)n(CCO)c(=O)n(CCC(=O)O)c1=O. The fourth-order valence-electron chi connectivity index (χ4n) is 1.83. The third-order valence-electron chi connectivity index (χ3n) is 2.95. The monoisotopic (exact) mass is 315 g/mol. The second kappa shape index (κ2) is 7.50. The lowest BCUT2D eigenvalue weighted by atomic mass is 10.3. The zero-order valence-corrected chi connectivity index (χ0v) is 12.0. The Morgan fingerprint density at radius 3 is 1.64 bits per heavy atom. The van der Waals surface area contributed by atoms with Crippen LogP contribution in [0.25, 0.3) is 0 Å². The van der Waals surface area contributed by atoms with Crippen molar-refractivity contribution in [2.75, 3.05) is 6.61 Å². The van der Waals surface area contributed by atoms with Crippen molar-refractivity contribution in [2.24, 2.45) is 0 Å². The van der Waals surface area contributed by atoms with Crippen LogP contribution in [0.1, 0.15) is 19.8 Å². The molecule has 0 spiro atoms. The van der Waals surface area contributed by atoms with Crippen molar-refractivity contribution in [1.29, 1.82) is 0 Å². The molecule has 122 valence electrons. The molecule has 1 heterocycles. The summed E-state index contributed by atoms with van der Waals surface area (Å²) in [6.45, 7) is -0.160. The molecule has 1 aromatic rings. The Morgan fingerprint density at radius 2 is 1.27 bits per heavy atom. The summed E-state index contributed by atoms with van der Waals surface area (Å²) in [6, 6.07) is 0. The van der Waals surface area contributed by atoms with Crippen LogP contribution in [-0.2, 0) is 29.2 Å². The number of nitrogens with zero attached hydrogens (tertiary/aromatic N) is 3. The van der Waals surface area contributed by atoms with Gasteiger partial charge in [-0.1, -0.05) is 0 Å². The van der Waals surface area contributed by atoms with E-state index in [4.69, 9.17) is 10.2 Å². The van der Waals surface area contributed by atoms with Crippen LogP contribution < -0.4 is 17.1 Å². The van der Waals surface area contributed by atoms with E-state index in [2.05, 4.69) is 0 Å².